The highest BCUT2D eigenvalue weighted by atomic mass is 15.1. The number of likely N-dealkylation sites (N-methyl/N-ethyl adjacent to an activating group) is 1. The predicted octanol–water partition coefficient (Wildman–Crippen LogP) is 3.09. The average molecular weight is 281 g/mol. The molecule has 3 nitrogen and oxygen atoms in total. The molecule has 1 atom stereocenters. The van der Waals surface area contributed by atoms with Crippen molar-refractivity contribution in [2.45, 2.75) is 31.3 Å². The van der Waals surface area contributed by atoms with Gasteiger partial charge in [-0.15, -0.1) is 0 Å². The van der Waals surface area contributed by atoms with Crippen LogP contribution in [0.5, 0.6) is 0 Å². The highest BCUT2D eigenvalue weighted by Crippen LogP contribution is 2.40. The molecule has 1 heterocycles. The van der Waals surface area contributed by atoms with Gasteiger partial charge >= 0.3 is 0 Å². The smallest absolute Gasteiger partial charge is 0.0470 e. The predicted molar refractivity (Wildman–Crippen MR) is 85.9 cm³/mol. The monoisotopic (exact) mass is 281 g/mol. The molecule has 1 saturated carbocycles. The van der Waals surface area contributed by atoms with Gasteiger partial charge in [-0.25, -0.2) is 0 Å². The number of nitrogens with zero attached hydrogens (tertiary/aromatic N) is 2. The van der Waals surface area contributed by atoms with E-state index in [1.165, 1.54) is 29.5 Å². The number of nitrogens with two attached hydrogens (primary N) is 1. The van der Waals surface area contributed by atoms with E-state index in [1.807, 2.05) is 12.4 Å². The first-order valence-corrected chi connectivity index (χ1v) is 7.67. The van der Waals surface area contributed by atoms with Gasteiger partial charge in [-0.2, -0.15) is 0 Å². The molecule has 110 valence electrons. The maximum Gasteiger partial charge on any atom is 0.0470 e. The quantitative estimate of drug-likeness (QED) is 0.884. The molecule has 21 heavy (non-hydrogen) atoms. The summed E-state index contributed by atoms with van der Waals surface area (Å²) in [5.41, 5.74) is 10.1. The Labute approximate surface area is 126 Å². The van der Waals surface area contributed by atoms with Crippen LogP contribution in [-0.4, -0.2) is 23.5 Å². The van der Waals surface area contributed by atoms with Gasteiger partial charge in [-0.3, -0.25) is 9.88 Å². The average Bonchev–Trinajstić information content (AvgIpc) is 3.34. The third-order valence-corrected chi connectivity index (χ3v) is 4.31. The third-order valence-electron chi connectivity index (χ3n) is 4.31. The Bertz CT molecular complexity index is 561. The zero-order valence-corrected chi connectivity index (χ0v) is 12.6. The standard InChI is InChI=1S/C18H23N3/c1-21(13-14-8-10-20-11-9-14)18(12-19)17-6-4-16(5-7-17)15-2-3-15/h4-11,15,18H,2-3,12-13,19H2,1H3. The van der Waals surface area contributed by atoms with Gasteiger partial charge in [-0.05, 0) is 54.6 Å². The summed E-state index contributed by atoms with van der Waals surface area (Å²) in [7, 11) is 2.13. The molecule has 3 rings (SSSR count). The van der Waals surface area contributed by atoms with Gasteiger partial charge in [0.2, 0.25) is 0 Å². The Morgan fingerprint density at radius 1 is 1.14 bits per heavy atom. The molecule has 0 saturated heterocycles. The van der Waals surface area contributed by atoms with E-state index < -0.39 is 0 Å². The summed E-state index contributed by atoms with van der Waals surface area (Å²) < 4.78 is 0. The van der Waals surface area contributed by atoms with Gasteiger partial charge < -0.3 is 5.73 Å². The van der Waals surface area contributed by atoms with Crippen LogP contribution < -0.4 is 5.73 Å². The molecule has 1 unspecified atom stereocenters. The van der Waals surface area contributed by atoms with Gasteiger partial charge in [0.1, 0.15) is 0 Å². The first-order valence-electron chi connectivity index (χ1n) is 7.67. The van der Waals surface area contributed by atoms with E-state index in [9.17, 15) is 0 Å². The second-order valence-corrected chi connectivity index (χ2v) is 5.96. The van der Waals surface area contributed by atoms with Crippen molar-refractivity contribution in [3.63, 3.8) is 0 Å². The fourth-order valence-electron chi connectivity index (χ4n) is 2.86. The van der Waals surface area contributed by atoms with Crippen molar-refractivity contribution in [2.75, 3.05) is 13.6 Å². The van der Waals surface area contributed by atoms with Crippen LogP contribution >= 0.6 is 0 Å². The lowest BCUT2D eigenvalue weighted by Gasteiger charge is -2.27. The van der Waals surface area contributed by atoms with Gasteiger partial charge in [0.05, 0.1) is 0 Å². The van der Waals surface area contributed by atoms with Crippen molar-refractivity contribution >= 4 is 0 Å². The van der Waals surface area contributed by atoms with Crippen molar-refractivity contribution in [1.82, 2.24) is 9.88 Å². The Hall–Kier alpha value is -1.71. The zero-order chi connectivity index (χ0) is 14.7. The summed E-state index contributed by atoms with van der Waals surface area (Å²) in [5, 5.41) is 0. The van der Waals surface area contributed by atoms with E-state index in [2.05, 4.69) is 53.3 Å². The molecule has 1 aliphatic rings. The Morgan fingerprint density at radius 2 is 1.81 bits per heavy atom. The maximum atomic E-state index is 6.02. The molecule has 0 spiro atoms. The molecular formula is C18H23N3. The number of aromatic nitrogens is 1. The van der Waals surface area contributed by atoms with Crippen molar-refractivity contribution in [3.8, 4) is 0 Å². The van der Waals surface area contributed by atoms with Crippen molar-refractivity contribution in [2.24, 2.45) is 5.73 Å². The molecule has 0 radical (unpaired) electrons. The summed E-state index contributed by atoms with van der Waals surface area (Å²) in [6, 6.07) is 13.4. The van der Waals surface area contributed by atoms with Crippen LogP contribution in [0.25, 0.3) is 0 Å². The summed E-state index contributed by atoms with van der Waals surface area (Å²) in [5.74, 6) is 0.810. The highest BCUT2D eigenvalue weighted by molar-refractivity contribution is 5.30. The molecule has 0 aliphatic heterocycles. The van der Waals surface area contributed by atoms with E-state index in [-0.39, 0.29) is 6.04 Å². The van der Waals surface area contributed by atoms with Crippen molar-refractivity contribution < 1.29 is 0 Å². The first kappa shape index (κ1) is 14.2. The second-order valence-electron chi connectivity index (χ2n) is 5.96. The van der Waals surface area contributed by atoms with Crippen LogP contribution in [0.4, 0.5) is 0 Å². The minimum Gasteiger partial charge on any atom is -0.329 e. The van der Waals surface area contributed by atoms with Crippen LogP contribution in [0.3, 0.4) is 0 Å². The molecule has 1 fully saturated rings. The molecule has 2 aromatic rings. The van der Waals surface area contributed by atoms with Crippen molar-refractivity contribution in [1.29, 1.82) is 0 Å². The lowest BCUT2D eigenvalue weighted by atomic mass is 10.0. The summed E-state index contributed by atoms with van der Waals surface area (Å²) >= 11 is 0. The van der Waals surface area contributed by atoms with E-state index in [1.54, 1.807) is 0 Å². The van der Waals surface area contributed by atoms with E-state index in [0.29, 0.717) is 6.54 Å². The Morgan fingerprint density at radius 3 is 2.38 bits per heavy atom. The molecular weight excluding hydrogens is 258 g/mol. The molecule has 2 N–H and O–H groups in total. The Kier molecular flexibility index (Phi) is 4.32. The number of rotatable bonds is 6. The van der Waals surface area contributed by atoms with E-state index >= 15 is 0 Å². The molecule has 1 aromatic heterocycles. The van der Waals surface area contributed by atoms with Gasteiger partial charge in [-0.1, -0.05) is 24.3 Å². The van der Waals surface area contributed by atoms with Crippen LogP contribution in [0.2, 0.25) is 0 Å². The van der Waals surface area contributed by atoms with Crippen LogP contribution in [0, 0.1) is 0 Å². The van der Waals surface area contributed by atoms with E-state index in [4.69, 9.17) is 5.73 Å². The maximum absolute atomic E-state index is 6.02. The van der Waals surface area contributed by atoms with Crippen molar-refractivity contribution in [3.05, 3.63) is 65.5 Å². The first-order chi connectivity index (χ1) is 10.3. The minimum atomic E-state index is 0.256. The normalized spacial score (nSPS) is 16.1. The van der Waals surface area contributed by atoms with Gasteiger partial charge in [0.25, 0.3) is 0 Å². The lowest BCUT2D eigenvalue weighted by molar-refractivity contribution is 0.241. The molecule has 3 heteroatoms. The second kappa shape index (κ2) is 6.37. The molecule has 1 aromatic carbocycles. The number of benzene rings is 1. The van der Waals surface area contributed by atoms with E-state index in [0.717, 1.165) is 12.5 Å². The highest BCUT2D eigenvalue weighted by Gasteiger charge is 2.23. The minimum absolute atomic E-state index is 0.256. The van der Waals surface area contributed by atoms with Gasteiger partial charge in [0, 0.05) is 31.5 Å². The zero-order valence-electron chi connectivity index (χ0n) is 12.6. The molecule has 0 bridgehead atoms. The number of hydrogen-bond acceptors (Lipinski definition) is 3. The van der Waals surface area contributed by atoms with Crippen LogP contribution in [0.1, 0.15) is 41.5 Å². The topological polar surface area (TPSA) is 42.2 Å². The summed E-state index contributed by atoms with van der Waals surface area (Å²) in [6.45, 7) is 1.51. The fourth-order valence-corrected chi connectivity index (χ4v) is 2.86. The number of hydrogen-bond donors (Lipinski definition) is 1. The number of pyridine rings is 1. The molecule has 0 amide bonds. The Balaban J connectivity index is 1.70. The van der Waals surface area contributed by atoms with Crippen LogP contribution in [-0.2, 0) is 6.54 Å². The fraction of sp³-hybridized carbons (Fsp3) is 0.389. The third kappa shape index (κ3) is 3.49. The van der Waals surface area contributed by atoms with Gasteiger partial charge in [0.15, 0.2) is 0 Å². The van der Waals surface area contributed by atoms with Crippen LogP contribution in [0.15, 0.2) is 48.8 Å². The molecule has 1 aliphatic carbocycles. The lowest BCUT2D eigenvalue weighted by Crippen LogP contribution is -2.30. The largest absolute Gasteiger partial charge is 0.329 e. The summed E-state index contributed by atoms with van der Waals surface area (Å²) in [4.78, 5) is 6.37. The SMILES string of the molecule is CN(Cc1ccncc1)C(CN)c1ccc(C2CC2)cc1. The summed E-state index contributed by atoms with van der Waals surface area (Å²) in [6.07, 6.45) is 6.37.